The van der Waals surface area contributed by atoms with Gasteiger partial charge in [-0.05, 0) is 43.0 Å². The van der Waals surface area contributed by atoms with Gasteiger partial charge in [-0.15, -0.1) is 0 Å². The minimum atomic E-state index is -1.23. The molecule has 3 N–H and O–H groups in total. The summed E-state index contributed by atoms with van der Waals surface area (Å²) in [5, 5.41) is 22.2. The highest BCUT2D eigenvalue weighted by Crippen LogP contribution is 2.30. The van der Waals surface area contributed by atoms with Gasteiger partial charge in [-0.2, -0.15) is 0 Å². The summed E-state index contributed by atoms with van der Waals surface area (Å²) in [6, 6.07) is 7.67. The molecule has 5 nitrogen and oxygen atoms in total. The molecule has 1 aliphatic rings. The van der Waals surface area contributed by atoms with Crippen LogP contribution in [0.2, 0.25) is 0 Å². The van der Waals surface area contributed by atoms with Crippen molar-refractivity contribution in [2.45, 2.75) is 19.8 Å². The van der Waals surface area contributed by atoms with Gasteiger partial charge in [0.15, 0.2) is 11.4 Å². The lowest BCUT2D eigenvalue weighted by atomic mass is 9.99. The summed E-state index contributed by atoms with van der Waals surface area (Å²) in [5.74, 6) is -1.50. The largest absolute Gasteiger partial charge is 0.505 e. The first-order valence-electron chi connectivity index (χ1n) is 6.87. The minimum Gasteiger partial charge on any atom is -0.505 e. The summed E-state index contributed by atoms with van der Waals surface area (Å²) in [7, 11) is 0. The number of aromatic carboxylic acids is 1. The van der Waals surface area contributed by atoms with E-state index >= 15 is 0 Å². The average Bonchev–Trinajstić information content (AvgIpc) is 2.49. The third-order valence-corrected chi connectivity index (χ3v) is 3.73. The monoisotopic (exact) mass is 284 g/mol. The van der Waals surface area contributed by atoms with E-state index in [9.17, 15) is 9.90 Å². The van der Waals surface area contributed by atoms with E-state index in [2.05, 4.69) is 10.3 Å². The summed E-state index contributed by atoms with van der Waals surface area (Å²) in [4.78, 5) is 15.2. The van der Waals surface area contributed by atoms with Gasteiger partial charge in [0.25, 0.3) is 0 Å². The fourth-order valence-corrected chi connectivity index (χ4v) is 2.58. The number of carbonyl (C=O) groups is 1. The molecule has 0 saturated heterocycles. The number of hydrogen-bond donors (Lipinski definition) is 3. The number of benzene rings is 1. The minimum absolute atomic E-state index is 0.276. The van der Waals surface area contributed by atoms with Crippen molar-refractivity contribution < 1.29 is 15.0 Å². The van der Waals surface area contributed by atoms with E-state index in [1.54, 1.807) is 13.0 Å². The normalized spacial score (nSPS) is 13.4. The molecule has 0 bridgehead atoms. The van der Waals surface area contributed by atoms with Crippen molar-refractivity contribution in [3.8, 4) is 17.0 Å². The van der Waals surface area contributed by atoms with Crippen LogP contribution >= 0.6 is 0 Å². The fourth-order valence-electron chi connectivity index (χ4n) is 2.58. The van der Waals surface area contributed by atoms with Crippen molar-refractivity contribution >= 4 is 11.7 Å². The second-order valence-corrected chi connectivity index (χ2v) is 5.23. The van der Waals surface area contributed by atoms with Gasteiger partial charge < -0.3 is 15.5 Å². The molecule has 0 atom stereocenters. The Hall–Kier alpha value is -2.56. The van der Waals surface area contributed by atoms with Gasteiger partial charge in [0.1, 0.15) is 0 Å². The predicted molar refractivity (Wildman–Crippen MR) is 79.8 cm³/mol. The maximum Gasteiger partial charge on any atom is 0.358 e. The SMILES string of the molecule is Cc1cc(-c2ccc3c(c2)NCCC3)nc(C(=O)O)c1O. The zero-order valence-corrected chi connectivity index (χ0v) is 11.7. The number of fused-ring (bicyclic) bond motifs is 1. The van der Waals surface area contributed by atoms with Crippen LogP contribution in [-0.2, 0) is 6.42 Å². The Morgan fingerprint density at radius 1 is 1.33 bits per heavy atom. The van der Waals surface area contributed by atoms with Crippen molar-refractivity contribution in [1.82, 2.24) is 4.98 Å². The van der Waals surface area contributed by atoms with Gasteiger partial charge in [-0.1, -0.05) is 12.1 Å². The Balaban J connectivity index is 2.10. The Bertz CT molecular complexity index is 726. The highest BCUT2D eigenvalue weighted by atomic mass is 16.4. The molecule has 0 spiro atoms. The molecule has 1 aromatic heterocycles. The van der Waals surface area contributed by atoms with Crippen LogP contribution in [0.3, 0.4) is 0 Å². The molecule has 2 heterocycles. The molecular weight excluding hydrogens is 268 g/mol. The molecule has 108 valence electrons. The lowest BCUT2D eigenvalue weighted by Crippen LogP contribution is -2.11. The van der Waals surface area contributed by atoms with Crippen molar-refractivity contribution in [3.05, 3.63) is 41.1 Å². The summed E-state index contributed by atoms with van der Waals surface area (Å²) < 4.78 is 0. The number of aromatic hydroxyl groups is 1. The van der Waals surface area contributed by atoms with E-state index in [4.69, 9.17) is 5.11 Å². The first-order valence-corrected chi connectivity index (χ1v) is 6.87. The highest BCUT2D eigenvalue weighted by Gasteiger charge is 2.17. The van der Waals surface area contributed by atoms with Crippen LogP contribution in [-0.4, -0.2) is 27.7 Å². The van der Waals surface area contributed by atoms with E-state index < -0.39 is 5.97 Å². The molecule has 2 aromatic rings. The van der Waals surface area contributed by atoms with E-state index in [0.717, 1.165) is 30.6 Å². The van der Waals surface area contributed by atoms with Crippen LogP contribution in [0.25, 0.3) is 11.3 Å². The third-order valence-electron chi connectivity index (χ3n) is 3.73. The van der Waals surface area contributed by atoms with Crippen molar-refractivity contribution in [2.75, 3.05) is 11.9 Å². The molecule has 3 rings (SSSR count). The van der Waals surface area contributed by atoms with Crippen molar-refractivity contribution in [3.63, 3.8) is 0 Å². The fraction of sp³-hybridized carbons (Fsp3) is 0.250. The van der Waals surface area contributed by atoms with Gasteiger partial charge in [0, 0.05) is 17.8 Å². The first-order chi connectivity index (χ1) is 10.1. The second-order valence-electron chi connectivity index (χ2n) is 5.23. The molecule has 21 heavy (non-hydrogen) atoms. The number of nitrogens with one attached hydrogen (secondary N) is 1. The summed E-state index contributed by atoms with van der Waals surface area (Å²) in [6.45, 7) is 2.61. The number of carboxylic acid groups (broad SMARTS) is 1. The van der Waals surface area contributed by atoms with E-state index in [1.807, 2.05) is 18.2 Å². The topological polar surface area (TPSA) is 82.5 Å². The third kappa shape index (κ3) is 2.42. The number of anilines is 1. The number of aromatic nitrogens is 1. The summed E-state index contributed by atoms with van der Waals surface area (Å²) >= 11 is 0. The Morgan fingerprint density at radius 3 is 2.90 bits per heavy atom. The molecule has 0 radical (unpaired) electrons. The number of aryl methyl sites for hydroxylation is 2. The number of hydrogen-bond acceptors (Lipinski definition) is 4. The molecule has 0 aliphatic carbocycles. The van der Waals surface area contributed by atoms with Gasteiger partial charge in [-0.3, -0.25) is 0 Å². The Morgan fingerprint density at radius 2 is 2.14 bits per heavy atom. The van der Waals surface area contributed by atoms with Crippen LogP contribution in [0.1, 0.15) is 28.0 Å². The van der Waals surface area contributed by atoms with E-state index in [-0.39, 0.29) is 11.4 Å². The van der Waals surface area contributed by atoms with Crippen LogP contribution < -0.4 is 5.32 Å². The smallest absolute Gasteiger partial charge is 0.358 e. The molecule has 5 heteroatoms. The maximum absolute atomic E-state index is 11.2. The molecule has 0 saturated carbocycles. The number of carboxylic acids is 1. The van der Waals surface area contributed by atoms with Gasteiger partial charge in [-0.25, -0.2) is 9.78 Å². The van der Waals surface area contributed by atoms with Gasteiger partial charge in [0.05, 0.1) is 5.69 Å². The van der Waals surface area contributed by atoms with Crippen LogP contribution in [0.5, 0.6) is 5.75 Å². The molecule has 1 aromatic carbocycles. The number of rotatable bonds is 2. The van der Waals surface area contributed by atoms with E-state index in [1.165, 1.54) is 5.56 Å². The van der Waals surface area contributed by atoms with Gasteiger partial charge in [0.2, 0.25) is 0 Å². The summed E-state index contributed by atoms with van der Waals surface area (Å²) in [6.07, 6.45) is 2.16. The van der Waals surface area contributed by atoms with Crippen molar-refractivity contribution in [1.29, 1.82) is 0 Å². The van der Waals surface area contributed by atoms with Gasteiger partial charge >= 0.3 is 5.97 Å². The maximum atomic E-state index is 11.2. The van der Waals surface area contributed by atoms with Crippen LogP contribution in [0.15, 0.2) is 24.3 Å². The lowest BCUT2D eigenvalue weighted by molar-refractivity contribution is 0.0687. The van der Waals surface area contributed by atoms with Crippen LogP contribution in [0, 0.1) is 6.92 Å². The standard InChI is InChI=1S/C16H16N2O3/c1-9-7-13(18-14(15(9)19)16(20)21)11-5-4-10-3-2-6-17-12(10)8-11/h4-5,7-8,17,19H,2-3,6H2,1H3,(H,20,21). The van der Waals surface area contributed by atoms with E-state index in [0.29, 0.717) is 11.3 Å². The second kappa shape index (κ2) is 5.09. The average molecular weight is 284 g/mol. The quantitative estimate of drug-likeness (QED) is 0.790. The van der Waals surface area contributed by atoms with Crippen molar-refractivity contribution in [2.24, 2.45) is 0 Å². The molecule has 0 amide bonds. The zero-order chi connectivity index (χ0) is 15.0. The molecule has 1 aliphatic heterocycles. The lowest BCUT2D eigenvalue weighted by Gasteiger charge is -2.18. The Labute approximate surface area is 122 Å². The molecular formula is C16H16N2O3. The first kappa shape index (κ1) is 13.4. The molecule has 0 unspecified atom stereocenters. The predicted octanol–water partition coefficient (Wildman–Crippen LogP) is 2.82. The number of pyridine rings is 1. The summed E-state index contributed by atoms with van der Waals surface area (Å²) in [5.41, 5.74) is 3.92. The van der Waals surface area contributed by atoms with Crippen LogP contribution in [0.4, 0.5) is 5.69 Å². The molecule has 0 fully saturated rings. The number of nitrogens with zero attached hydrogens (tertiary/aromatic N) is 1. The zero-order valence-electron chi connectivity index (χ0n) is 11.7. The highest BCUT2D eigenvalue weighted by molar-refractivity contribution is 5.90. The Kier molecular flexibility index (Phi) is 3.25.